The quantitative estimate of drug-likeness (QED) is 0.405. The highest BCUT2D eigenvalue weighted by Gasteiger charge is 2.38. The number of carboxylic acids is 1. The highest BCUT2D eigenvalue weighted by molar-refractivity contribution is 7.89. The van der Waals surface area contributed by atoms with Crippen molar-refractivity contribution in [1.29, 1.82) is 0 Å². The van der Waals surface area contributed by atoms with Crippen molar-refractivity contribution in [1.82, 2.24) is 14.9 Å². The van der Waals surface area contributed by atoms with E-state index in [0.29, 0.717) is 38.8 Å². The molecule has 0 saturated carbocycles. The first-order chi connectivity index (χ1) is 16.7. The molecule has 1 aliphatic heterocycles. The van der Waals surface area contributed by atoms with E-state index >= 15 is 0 Å². The first kappa shape index (κ1) is 29.7. The number of nitrogens with one attached hydrogen (secondary N) is 2. The van der Waals surface area contributed by atoms with Gasteiger partial charge in [0.2, 0.25) is 21.8 Å². The summed E-state index contributed by atoms with van der Waals surface area (Å²) in [5.74, 6) is -3.02. The second-order valence-corrected chi connectivity index (χ2v) is 12.1. The number of benzene rings is 1. The van der Waals surface area contributed by atoms with Gasteiger partial charge < -0.3 is 15.3 Å². The molecule has 9 nitrogen and oxygen atoms in total. The minimum atomic E-state index is -3.82. The van der Waals surface area contributed by atoms with Crippen LogP contribution in [0.2, 0.25) is 0 Å². The number of piperidine rings is 1. The summed E-state index contributed by atoms with van der Waals surface area (Å²) in [6, 6.07) is 3.33. The van der Waals surface area contributed by atoms with E-state index in [0.717, 1.165) is 18.6 Å². The molecule has 0 bridgehead atoms. The molecule has 0 aromatic heterocycles. The van der Waals surface area contributed by atoms with E-state index in [9.17, 15) is 32.3 Å². The number of nitrogens with zero attached hydrogens (tertiary/aromatic N) is 1. The number of carbonyl (C=O) groups is 3. The van der Waals surface area contributed by atoms with E-state index in [-0.39, 0.29) is 23.3 Å². The highest BCUT2D eigenvalue weighted by atomic mass is 32.2. The predicted octanol–water partition coefficient (Wildman–Crippen LogP) is 2.91. The van der Waals surface area contributed by atoms with Crippen molar-refractivity contribution in [3.8, 4) is 0 Å². The van der Waals surface area contributed by atoms with Crippen molar-refractivity contribution in [3.63, 3.8) is 0 Å². The van der Waals surface area contributed by atoms with Crippen molar-refractivity contribution in [3.05, 3.63) is 30.1 Å². The summed E-state index contributed by atoms with van der Waals surface area (Å²) >= 11 is 0. The first-order valence-electron chi connectivity index (χ1n) is 12.3. The molecular formula is C25H38FN3O6S. The number of likely N-dealkylation sites (tertiary alicyclic amines) is 1. The maximum absolute atomic E-state index is 13.4. The Hall–Kier alpha value is -2.53. The molecule has 0 spiro atoms. The maximum atomic E-state index is 13.4. The summed E-state index contributed by atoms with van der Waals surface area (Å²) in [6.45, 7) is 8.05. The molecule has 1 saturated heterocycles. The van der Waals surface area contributed by atoms with Gasteiger partial charge in [-0.3, -0.25) is 14.4 Å². The summed E-state index contributed by atoms with van der Waals surface area (Å²) in [4.78, 5) is 39.2. The van der Waals surface area contributed by atoms with E-state index in [4.69, 9.17) is 0 Å². The summed E-state index contributed by atoms with van der Waals surface area (Å²) in [5.41, 5.74) is -0.619. The third-order valence-electron chi connectivity index (χ3n) is 6.35. The number of rotatable bonds is 11. The first-order valence-corrected chi connectivity index (χ1v) is 13.8. The van der Waals surface area contributed by atoms with Crippen LogP contribution < -0.4 is 10.0 Å². The average Bonchev–Trinajstić information content (AvgIpc) is 2.79. The molecule has 1 aromatic carbocycles. The monoisotopic (exact) mass is 527 g/mol. The van der Waals surface area contributed by atoms with E-state index in [1.165, 1.54) is 12.1 Å². The minimum absolute atomic E-state index is 0.0306. The molecule has 1 fully saturated rings. The highest BCUT2D eigenvalue weighted by Crippen LogP contribution is 2.25. The molecule has 36 heavy (non-hydrogen) atoms. The van der Waals surface area contributed by atoms with E-state index < -0.39 is 45.1 Å². The number of unbranched alkanes of at least 4 members (excludes halogenated alkanes) is 1. The van der Waals surface area contributed by atoms with Crippen LogP contribution in [0.5, 0.6) is 0 Å². The van der Waals surface area contributed by atoms with Gasteiger partial charge in [0.25, 0.3) is 0 Å². The third kappa shape index (κ3) is 8.55. The van der Waals surface area contributed by atoms with Gasteiger partial charge in [-0.15, -0.1) is 0 Å². The van der Waals surface area contributed by atoms with Gasteiger partial charge >= 0.3 is 5.97 Å². The molecule has 2 amide bonds. The van der Waals surface area contributed by atoms with Crippen molar-refractivity contribution < 1.29 is 32.3 Å². The lowest BCUT2D eigenvalue weighted by molar-refractivity contribution is -0.144. The second kappa shape index (κ2) is 12.6. The van der Waals surface area contributed by atoms with Gasteiger partial charge in [-0.1, -0.05) is 40.5 Å². The lowest BCUT2D eigenvalue weighted by Crippen LogP contribution is -2.58. The molecule has 1 aliphatic rings. The molecule has 1 aromatic rings. The Morgan fingerprint density at radius 2 is 1.72 bits per heavy atom. The molecule has 2 atom stereocenters. The van der Waals surface area contributed by atoms with Crippen molar-refractivity contribution in [2.45, 2.75) is 83.2 Å². The van der Waals surface area contributed by atoms with Crippen molar-refractivity contribution >= 4 is 27.8 Å². The number of amides is 2. The number of hydrogen-bond acceptors (Lipinski definition) is 5. The van der Waals surface area contributed by atoms with Gasteiger partial charge in [-0.2, -0.15) is 0 Å². The molecule has 3 N–H and O–H groups in total. The van der Waals surface area contributed by atoms with Crippen LogP contribution in [0.15, 0.2) is 29.2 Å². The van der Waals surface area contributed by atoms with Crippen LogP contribution in [0.25, 0.3) is 0 Å². The third-order valence-corrected chi connectivity index (χ3v) is 7.89. The van der Waals surface area contributed by atoms with Crippen LogP contribution >= 0.6 is 0 Å². The Kier molecular flexibility index (Phi) is 10.4. The largest absolute Gasteiger partial charge is 0.481 e. The maximum Gasteiger partial charge on any atom is 0.304 e. The zero-order chi connectivity index (χ0) is 27.1. The fourth-order valence-electron chi connectivity index (χ4n) is 4.20. The Labute approximate surface area is 212 Å². The number of aliphatic carboxylic acids is 1. The Morgan fingerprint density at radius 3 is 2.22 bits per heavy atom. The smallest absolute Gasteiger partial charge is 0.304 e. The van der Waals surface area contributed by atoms with Crippen LogP contribution in [0.3, 0.4) is 0 Å². The SMILES string of the molecule is CCCC[C@H](CC(=O)O)C(=O)N[C@H](C(=O)N1CCC(NS(=O)(=O)c2ccc(F)cc2)CC1)C(C)(C)C. The van der Waals surface area contributed by atoms with Gasteiger partial charge in [0.1, 0.15) is 11.9 Å². The number of sulfonamides is 1. The van der Waals surface area contributed by atoms with Crippen molar-refractivity contribution in [2.24, 2.45) is 11.3 Å². The standard InChI is InChI=1S/C25H38FN3O6S/c1-5-6-7-17(16-21(30)31)23(32)27-22(25(2,3)4)24(33)29-14-12-19(13-15-29)28-36(34,35)20-10-8-18(26)9-11-20/h8-11,17,19,22,28H,5-7,12-16H2,1-4H3,(H,27,32)(H,30,31)/t17-,22-/m1/s1. The fraction of sp³-hybridized carbons (Fsp3) is 0.640. The van der Waals surface area contributed by atoms with Gasteiger partial charge in [0, 0.05) is 25.0 Å². The molecule has 0 unspecified atom stereocenters. The average molecular weight is 528 g/mol. The van der Waals surface area contributed by atoms with Crippen LogP contribution in [0, 0.1) is 17.2 Å². The van der Waals surface area contributed by atoms with Crippen LogP contribution in [-0.4, -0.2) is 61.4 Å². The fourth-order valence-corrected chi connectivity index (χ4v) is 5.50. The summed E-state index contributed by atoms with van der Waals surface area (Å²) < 4.78 is 41.0. The van der Waals surface area contributed by atoms with Gasteiger partial charge in [-0.05, 0) is 48.9 Å². The van der Waals surface area contributed by atoms with Crippen LogP contribution in [0.4, 0.5) is 4.39 Å². The topological polar surface area (TPSA) is 133 Å². The zero-order valence-corrected chi connectivity index (χ0v) is 22.2. The molecule has 0 radical (unpaired) electrons. The molecule has 202 valence electrons. The van der Waals surface area contributed by atoms with Crippen molar-refractivity contribution in [2.75, 3.05) is 13.1 Å². The number of carbonyl (C=O) groups excluding carboxylic acids is 2. The Balaban J connectivity index is 2.04. The van der Waals surface area contributed by atoms with E-state index in [1.807, 2.05) is 27.7 Å². The minimum Gasteiger partial charge on any atom is -0.481 e. The molecule has 1 heterocycles. The number of carboxylic acid groups (broad SMARTS) is 1. The molecule has 0 aliphatic carbocycles. The van der Waals surface area contributed by atoms with Gasteiger partial charge in [-0.25, -0.2) is 17.5 Å². The second-order valence-electron chi connectivity index (χ2n) is 10.4. The molecular weight excluding hydrogens is 489 g/mol. The normalized spacial score (nSPS) is 16.9. The predicted molar refractivity (Wildman–Crippen MR) is 133 cm³/mol. The number of halogens is 1. The van der Waals surface area contributed by atoms with Gasteiger partial charge in [0.05, 0.1) is 11.3 Å². The molecule has 2 rings (SSSR count). The van der Waals surface area contributed by atoms with Gasteiger partial charge in [0.15, 0.2) is 0 Å². The summed E-state index contributed by atoms with van der Waals surface area (Å²) in [6.07, 6.45) is 2.44. The lowest BCUT2D eigenvalue weighted by Gasteiger charge is -2.38. The van der Waals surface area contributed by atoms with Crippen LogP contribution in [0.1, 0.15) is 66.2 Å². The van der Waals surface area contributed by atoms with E-state index in [1.54, 1.807) is 4.90 Å². The summed E-state index contributed by atoms with van der Waals surface area (Å²) in [7, 11) is -3.82. The zero-order valence-electron chi connectivity index (χ0n) is 21.4. The number of hydrogen-bond donors (Lipinski definition) is 3. The molecule has 11 heteroatoms. The summed E-state index contributed by atoms with van der Waals surface area (Å²) in [5, 5.41) is 12.0. The lowest BCUT2D eigenvalue weighted by atomic mass is 9.84. The van der Waals surface area contributed by atoms with E-state index in [2.05, 4.69) is 10.0 Å². The van der Waals surface area contributed by atoms with Crippen LogP contribution in [-0.2, 0) is 24.4 Å². The Morgan fingerprint density at radius 1 is 1.14 bits per heavy atom. The Bertz CT molecular complexity index is 1020.